The van der Waals surface area contributed by atoms with Crippen molar-refractivity contribution in [1.82, 2.24) is 10.6 Å². The summed E-state index contributed by atoms with van der Waals surface area (Å²) < 4.78 is 43.5. The summed E-state index contributed by atoms with van der Waals surface area (Å²) in [6.07, 6.45) is -1.61. The first kappa shape index (κ1) is 16.6. The van der Waals surface area contributed by atoms with E-state index in [-0.39, 0.29) is 30.9 Å². The smallest absolute Gasteiger partial charge is 0.419 e. The van der Waals surface area contributed by atoms with E-state index in [1.807, 2.05) is 0 Å². The van der Waals surface area contributed by atoms with Crippen LogP contribution in [0.2, 0.25) is 0 Å². The van der Waals surface area contributed by atoms with E-state index in [0.717, 1.165) is 31.9 Å². The maximum atomic E-state index is 12.8. The SMILES string of the molecule is O=C(NCCOc1ccccc1C(F)(F)F)C1CCCCN1. The fourth-order valence-electron chi connectivity index (χ4n) is 2.36. The Morgan fingerprint density at radius 1 is 1.32 bits per heavy atom. The molecule has 4 nitrogen and oxygen atoms in total. The van der Waals surface area contributed by atoms with E-state index >= 15 is 0 Å². The number of piperidine rings is 1. The summed E-state index contributed by atoms with van der Waals surface area (Å²) in [5.74, 6) is -0.354. The van der Waals surface area contributed by atoms with E-state index in [2.05, 4.69) is 10.6 Å². The number of rotatable bonds is 5. The molecule has 0 saturated carbocycles. The summed E-state index contributed by atoms with van der Waals surface area (Å²) in [6, 6.07) is 4.82. The van der Waals surface area contributed by atoms with Crippen LogP contribution in [0.4, 0.5) is 13.2 Å². The highest BCUT2D eigenvalue weighted by Crippen LogP contribution is 2.35. The molecular formula is C15H19F3N2O2. The zero-order valence-electron chi connectivity index (χ0n) is 12.1. The molecule has 1 amide bonds. The lowest BCUT2D eigenvalue weighted by molar-refractivity contribution is -0.139. The van der Waals surface area contributed by atoms with E-state index in [1.165, 1.54) is 18.2 Å². The normalized spacial score (nSPS) is 18.8. The Balaban J connectivity index is 1.78. The number of nitrogens with one attached hydrogen (secondary N) is 2. The van der Waals surface area contributed by atoms with Crippen molar-refractivity contribution in [3.8, 4) is 5.75 Å². The third-order valence-electron chi connectivity index (χ3n) is 3.48. The molecule has 7 heteroatoms. The molecule has 0 spiro atoms. The number of amides is 1. The first-order chi connectivity index (χ1) is 10.5. The molecule has 2 N–H and O–H groups in total. The number of benzene rings is 1. The van der Waals surface area contributed by atoms with Crippen molar-refractivity contribution >= 4 is 5.91 Å². The number of halogens is 3. The molecule has 0 aromatic heterocycles. The van der Waals surface area contributed by atoms with Gasteiger partial charge in [-0.05, 0) is 31.5 Å². The van der Waals surface area contributed by atoms with E-state index in [9.17, 15) is 18.0 Å². The topological polar surface area (TPSA) is 50.4 Å². The molecular weight excluding hydrogens is 297 g/mol. The minimum atomic E-state index is -4.45. The van der Waals surface area contributed by atoms with Crippen molar-refractivity contribution in [2.24, 2.45) is 0 Å². The second-order valence-electron chi connectivity index (χ2n) is 5.14. The van der Waals surface area contributed by atoms with Gasteiger partial charge in [-0.25, -0.2) is 0 Å². The first-order valence-electron chi connectivity index (χ1n) is 7.28. The molecule has 1 aromatic rings. The molecule has 1 fully saturated rings. The number of ether oxygens (including phenoxy) is 1. The third kappa shape index (κ3) is 4.62. The highest BCUT2D eigenvalue weighted by Gasteiger charge is 2.33. The summed E-state index contributed by atoms with van der Waals surface area (Å²) in [5.41, 5.74) is -0.810. The summed E-state index contributed by atoms with van der Waals surface area (Å²) in [7, 11) is 0. The van der Waals surface area contributed by atoms with Gasteiger partial charge in [0.15, 0.2) is 0 Å². The number of hydrogen-bond donors (Lipinski definition) is 2. The lowest BCUT2D eigenvalue weighted by Gasteiger charge is -2.22. The maximum Gasteiger partial charge on any atom is 0.419 e. The van der Waals surface area contributed by atoms with Crippen LogP contribution in [0, 0.1) is 0 Å². The van der Waals surface area contributed by atoms with Gasteiger partial charge in [0, 0.05) is 0 Å². The van der Waals surface area contributed by atoms with Crippen molar-refractivity contribution < 1.29 is 22.7 Å². The molecule has 1 unspecified atom stereocenters. The largest absolute Gasteiger partial charge is 0.491 e. The van der Waals surface area contributed by atoms with Gasteiger partial charge in [0.05, 0.1) is 18.2 Å². The van der Waals surface area contributed by atoms with Gasteiger partial charge >= 0.3 is 6.18 Å². The Hall–Kier alpha value is -1.76. The second-order valence-corrected chi connectivity index (χ2v) is 5.14. The average Bonchev–Trinajstić information content (AvgIpc) is 2.51. The molecule has 0 aliphatic carbocycles. The van der Waals surface area contributed by atoms with Gasteiger partial charge in [-0.3, -0.25) is 4.79 Å². The van der Waals surface area contributed by atoms with E-state index in [4.69, 9.17) is 4.74 Å². The zero-order valence-corrected chi connectivity index (χ0v) is 12.1. The molecule has 122 valence electrons. The third-order valence-corrected chi connectivity index (χ3v) is 3.48. The van der Waals surface area contributed by atoms with Gasteiger partial charge in [-0.2, -0.15) is 13.2 Å². The molecule has 1 saturated heterocycles. The quantitative estimate of drug-likeness (QED) is 0.820. The lowest BCUT2D eigenvalue weighted by atomic mass is 10.0. The maximum absolute atomic E-state index is 12.8. The van der Waals surface area contributed by atoms with E-state index < -0.39 is 11.7 Å². The predicted octanol–water partition coefficient (Wildman–Crippen LogP) is 2.34. The van der Waals surface area contributed by atoms with Crippen molar-refractivity contribution in [2.75, 3.05) is 19.7 Å². The highest BCUT2D eigenvalue weighted by molar-refractivity contribution is 5.81. The predicted molar refractivity (Wildman–Crippen MR) is 75.6 cm³/mol. The van der Waals surface area contributed by atoms with E-state index in [1.54, 1.807) is 0 Å². The molecule has 22 heavy (non-hydrogen) atoms. The van der Waals surface area contributed by atoms with Gasteiger partial charge < -0.3 is 15.4 Å². The average molecular weight is 316 g/mol. The second kappa shape index (κ2) is 7.49. The van der Waals surface area contributed by atoms with Crippen molar-refractivity contribution in [3.05, 3.63) is 29.8 Å². The Morgan fingerprint density at radius 3 is 2.77 bits per heavy atom. The Bertz CT molecular complexity index is 500. The zero-order chi connectivity index (χ0) is 16.0. The molecule has 1 aliphatic rings. The van der Waals surface area contributed by atoms with Gasteiger partial charge in [0.2, 0.25) is 5.91 Å². The number of hydrogen-bond acceptors (Lipinski definition) is 3. The lowest BCUT2D eigenvalue weighted by Crippen LogP contribution is -2.47. The summed E-state index contributed by atoms with van der Waals surface area (Å²) in [5, 5.41) is 5.78. The van der Waals surface area contributed by atoms with Crippen LogP contribution in [-0.4, -0.2) is 31.6 Å². The Kier molecular flexibility index (Phi) is 5.65. The first-order valence-corrected chi connectivity index (χ1v) is 7.28. The fourth-order valence-corrected chi connectivity index (χ4v) is 2.36. The Morgan fingerprint density at radius 2 is 2.09 bits per heavy atom. The van der Waals surface area contributed by atoms with Gasteiger partial charge in [-0.15, -0.1) is 0 Å². The summed E-state index contributed by atoms with van der Waals surface area (Å²) in [4.78, 5) is 11.8. The molecule has 0 bridgehead atoms. The molecule has 1 aromatic carbocycles. The van der Waals surface area contributed by atoms with Crippen LogP contribution in [0.5, 0.6) is 5.75 Å². The van der Waals surface area contributed by atoms with Crippen LogP contribution in [0.25, 0.3) is 0 Å². The fraction of sp³-hybridized carbons (Fsp3) is 0.533. The molecule has 0 radical (unpaired) electrons. The number of carbonyl (C=O) groups is 1. The molecule has 1 heterocycles. The number of para-hydroxylation sites is 1. The van der Waals surface area contributed by atoms with Gasteiger partial charge in [-0.1, -0.05) is 18.6 Å². The van der Waals surface area contributed by atoms with Crippen LogP contribution >= 0.6 is 0 Å². The highest BCUT2D eigenvalue weighted by atomic mass is 19.4. The van der Waals surface area contributed by atoms with Crippen molar-refractivity contribution in [2.45, 2.75) is 31.5 Å². The van der Waals surface area contributed by atoms with E-state index in [0.29, 0.717) is 0 Å². The monoisotopic (exact) mass is 316 g/mol. The standard InChI is InChI=1S/C15H19F3N2O2/c16-15(17,18)11-5-1-2-7-13(11)22-10-9-20-14(21)12-6-3-4-8-19-12/h1-2,5,7,12,19H,3-4,6,8-10H2,(H,20,21). The number of alkyl halides is 3. The van der Waals surface area contributed by atoms with Gasteiger partial charge in [0.25, 0.3) is 0 Å². The van der Waals surface area contributed by atoms with Crippen molar-refractivity contribution in [1.29, 1.82) is 0 Å². The van der Waals surface area contributed by atoms with Crippen LogP contribution in [0.3, 0.4) is 0 Å². The summed E-state index contributed by atoms with van der Waals surface area (Å²) >= 11 is 0. The van der Waals surface area contributed by atoms with Crippen molar-refractivity contribution in [3.63, 3.8) is 0 Å². The minimum Gasteiger partial charge on any atom is -0.491 e. The molecule has 2 rings (SSSR count). The number of carbonyl (C=O) groups excluding carboxylic acids is 1. The van der Waals surface area contributed by atoms with Crippen LogP contribution in [-0.2, 0) is 11.0 Å². The summed E-state index contributed by atoms with van der Waals surface area (Å²) in [6.45, 7) is 0.975. The minimum absolute atomic E-state index is 0.00838. The Labute approximate surface area is 127 Å². The molecule has 1 aliphatic heterocycles. The van der Waals surface area contributed by atoms with Crippen LogP contribution in [0.15, 0.2) is 24.3 Å². The molecule has 1 atom stereocenters. The van der Waals surface area contributed by atoms with Gasteiger partial charge in [0.1, 0.15) is 12.4 Å². The van der Waals surface area contributed by atoms with Crippen LogP contribution < -0.4 is 15.4 Å². The van der Waals surface area contributed by atoms with Crippen LogP contribution in [0.1, 0.15) is 24.8 Å².